The van der Waals surface area contributed by atoms with Crippen LogP contribution in [0.25, 0.3) is 0 Å². The molecule has 1 saturated heterocycles. The molecule has 2 atom stereocenters. The number of ether oxygens (including phenoxy) is 1. The molecule has 2 aliphatic rings. The minimum absolute atomic E-state index is 0.119. The van der Waals surface area contributed by atoms with Crippen molar-refractivity contribution in [2.24, 2.45) is 5.92 Å². The zero-order chi connectivity index (χ0) is 21.0. The highest BCUT2D eigenvalue weighted by molar-refractivity contribution is 7.48. The van der Waals surface area contributed by atoms with E-state index in [1.54, 1.807) is 6.92 Å². The van der Waals surface area contributed by atoms with Crippen LogP contribution in [0.5, 0.6) is 0 Å². The van der Waals surface area contributed by atoms with Gasteiger partial charge in [-0.05, 0) is 13.3 Å². The number of esters is 1. The molecular formula is C22H39O6P. The normalized spacial score (nSPS) is 24.2. The van der Waals surface area contributed by atoms with Gasteiger partial charge >= 0.3 is 13.8 Å². The van der Waals surface area contributed by atoms with E-state index in [2.05, 4.69) is 6.92 Å². The molecule has 2 rings (SSSR count). The van der Waals surface area contributed by atoms with Gasteiger partial charge in [-0.15, -0.1) is 0 Å². The predicted octanol–water partition coefficient (Wildman–Crippen LogP) is 6.70. The summed E-state index contributed by atoms with van der Waals surface area (Å²) in [7, 11) is -3.64. The molecule has 168 valence electrons. The number of hydrogen-bond acceptors (Lipinski definition) is 6. The van der Waals surface area contributed by atoms with Gasteiger partial charge in [0.15, 0.2) is 0 Å². The molecule has 0 aromatic heterocycles. The highest BCUT2D eigenvalue weighted by Gasteiger charge is 2.42. The lowest BCUT2D eigenvalue weighted by atomic mass is 10.0. The maximum Gasteiger partial charge on any atom is 0.529 e. The van der Waals surface area contributed by atoms with Gasteiger partial charge in [0, 0.05) is 0 Å². The Balaban J connectivity index is 1.47. The molecule has 0 saturated carbocycles. The number of phosphoric ester groups is 1. The number of unbranched alkanes of at least 4 members (excludes halogenated alkanes) is 12. The van der Waals surface area contributed by atoms with Crippen molar-refractivity contribution in [1.82, 2.24) is 0 Å². The molecule has 0 aromatic carbocycles. The molecule has 0 N–H and O–H groups in total. The monoisotopic (exact) mass is 430 g/mol. The van der Waals surface area contributed by atoms with Gasteiger partial charge in [-0.25, -0.2) is 9.36 Å². The lowest BCUT2D eigenvalue weighted by Crippen LogP contribution is -2.10. The predicted molar refractivity (Wildman–Crippen MR) is 113 cm³/mol. The zero-order valence-corrected chi connectivity index (χ0v) is 19.2. The highest BCUT2D eigenvalue weighted by atomic mass is 31.2. The largest absolute Gasteiger partial charge is 0.529 e. The van der Waals surface area contributed by atoms with E-state index in [0.717, 1.165) is 12.8 Å². The van der Waals surface area contributed by atoms with E-state index in [4.69, 9.17) is 18.3 Å². The summed E-state index contributed by atoms with van der Waals surface area (Å²) in [5, 5.41) is 0. The van der Waals surface area contributed by atoms with Crippen LogP contribution in [0.2, 0.25) is 0 Å². The van der Waals surface area contributed by atoms with Crippen molar-refractivity contribution in [1.29, 1.82) is 0 Å². The fourth-order valence-electron chi connectivity index (χ4n) is 3.85. The average Bonchev–Trinajstić information content (AvgIpc) is 3.01. The summed E-state index contributed by atoms with van der Waals surface area (Å²) >= 11 is 0. The van der Waals surface area contributed by atoms with Crippen LogP contribution < -0.4 is 0 Å². The average molecular weight is 431 g/mol. The first-order valence-electron chi connectivity index (χ1n) is 11.5. The second-order valence-electron chi connectivity index (χ2n) is 8.18. The van der Waals surface area contributed by atoms with E-state index < -0.39 is 13.8 Å². The summed E-state index contributed by atoms with van der Waals surface area (Å²) in [4.78, 5) is 11.7. The third-order valence-corrected chi connectivity index (χ3v) is 7.06. The number of carbonyl (C=O) groups excluding carboxylic acids is 1. The van der Waals surface area contributed by atoms with Gasteiger partial charge in [-0.3, -0.25) is 9.05 Å². The number of phosphoric acid groups is 1. The van der Waals surface area contributed by atoms with Crippen LogP contribution in [-0.2, 0) is 27.7 Å². The van der Waals surface area contributed by atoms with Crippen molar-refractivity contribution in [2.45, 2.75) is 97.3 Å². The Morgan fingerprint density at radius 1 is 0.897 bits per heavy atom. The summed E-state index contributed by atoms with van der Waals surface area (Å²) in [5.41, 5.74) is 0.423. The number of cyclic esters (lactones) is 1. The third kappa shape index (κ3) is 8.82. The summed E-state index contributed by atoms with van der Waals surface area (Å²) in [5.74, 6) is -0.344. The van der Waals surface area contributed by atoms with E-state index >= 15 is 0 Å². The number of rotatable bonds is 15. The van der Waals surface area contributed by atoms with Crippen molar-refractivity contribution in [3.05, 3.63) is 11.3 Å². The van der Waals surface area contributed by atoms with E-state index in [0.29, 0.717) is 17.9 Å². The Hall–Kier alpha value is -0.840. The van der Waals surface area contributed by atoms with Gasteiger partial charge in [0.1, 0.15) is 12.4 Å². The quantitative estimate of drug-likeness (QED) is 0.164. The second kappa shape index (κ2) is 13.5. The molecule has 2 heterocycles. The van der Waals surface area contributed by atoms with Gasteiger partial charge in [-0.2, -0.15) is 0 Å². The Morgan fingerprint density at radius 2 is 1.45 bits per heavy atom. The standard InChI is InChI=1S/C22H39O6P/c1-3-4-5-6-7-8-9-10-11-12-13-14-15-16-26-29(24)27-18-20-17-25-22(23)21(20)19(2)28-29/h20H,3-18H2,1-2H3/t20-,29+/m0/s1. The molecule has 0 aliphatic carbocycles. The summed E-state index contributed by atoms with van der Waals surface area (Å²) in [6, 6.07) is 0. The lowest BCUT2D eigenvalue weighted by molar-refractivity contribution is -0.135. The summed E-state index contributed by atoms with van der Waals surface area (Å²) < 4.78 is 33.9. The topological polar surface area (TPSA) is 71.1 Å². The lowest BCUT2D eigenvalue weighted by Gasteiger charge is -2.17. The van der Waals surface area contributed by atoms with Crippen LogP contribution in [0.3, 0.4) is 0 Å². The maximum absolute atomic E-state index is 12.7. The molecule has 0 aromatic rings. The molecule has 29 heavy (non-hydrogen) atoms. The van der Waals surface area contributed by atoms with Gasteiger partial charge in [-0.1, -0.05) is 84.0 Å². The van der Waals surface area contributed by atoms with E-state index in [1.165, 1.54) is 70.6 Å². The number of allylic oxidation sites excluding steroid dienone is 1. The fraction of sp³-hybridized carbons (Fsp3) is 0.864. The molecule has 0 radical (unpaired) electrons. The molecule has 1 fully saturated rings. The maximum atomic E-state index is 12.7. The van der Waals surface area contributed by atoms with Crippen molar-refractivity contribution in [2.75, 3.05) is 19.8 Å². The van der Waals surface area contributed by atoms with E-state index in [-0.39, 0.29) is 19.1 Å². The molecule has 0 spiro atoms. The van der Waals surface area contributed by atoms with Gasteiger partial charge in [0.2, 0.25) is 0 Å². The van der Waals surface area contributed by atoms with Crippen LogP contribution in [-0.4, -0.2) is 25.8 Å². The van der Waals surface area contributed by atoms with Crippen molar-refractivity contribution < 1.29 is 27.7 Å². The fourth-order valence-corrected chi connectivity index (χ4v) is 5.18. The van der Waals surface area contributed by atoms with E-state index in [1.807, 2.05) is 0 Å². The molecule has 2 aliphatic heterocycles. The molecule has 0 bridgehead atoms. The second-order valence-corrected chi connectivity index (χ2v) is 9.77. The number of hydrogen-bond donors (Lipinski definition) is 0. The first kappa shape index (κ1) is 24.4. The highest BCUT2D eigenvalue weighted by Crippen LogP contribution is 2.54. The number of carbonyl (C=O) groups is 1. The first-order valence-corrected chi connectivity index (χ1v) is 13.0. The van der Waals surface area contributed by atoms with E-state index in [9.17, 15) is 9.36 Å². The molecular weight excluding hydrogens is 391 g/mol. The minimum Gasteiger partial charge on any atom is -0.461 e. The Labute approximate surface area is 176 Å². The van der Waals surface area contributed by atoms with Gasteiger partial charge < -0.3 is 9.26 Å². The molecule has 0 unspecified atom stereocenters. The summed E-state index contributed by atoms with van der Waals surface area (Å²) in [6.45, 7) is 4.58. The van der Waals surface area contributed by atoms with Crippen LogP contribution >= 0.6 is 7.82 Å². The van der Waals surface area contributed by atoms with Gasteiger partial charge in [0.25, 0.3) is 0 Å². The summed E-state index contributed by atoms with van der Waals surface area (Å²) in [6.07, 6.45) is 16.5. The molecule has 0 amide bonds. The van der Waals surface area contributed by atoms with Gasteiger partial charge in [0.05, 0.1) is 24.7 Å². The Kier molecular flexibility index (Phi) is 11.3. The SMILES string of the molecule is CCCCCCCCCCCCCCCO[P@]1(=O)OC[C@@H]2COC(=O)C2=C(C)O1. The Bertz CT molecular complexity index is 574. The van der Waals surface area contributed by atoms with Crippen molar-refractivity contribution in [3.63, 3.8) is 0 Å². The van der Waals surface area contributed by atoms with Crippen LogP contribution in [0, 0.1) is 5.92 Å². The van der Waals surface area contributed by atoms with Crippen LogP contribution in [0.1, 0.15) is 97.3 Å². The van der Waals surface area contributed by atoms with Crippen LogP contribution in [0.4, 0.5) is 0 Å². The molecule has 7 heteroatoms. The van der Waals surface area contributed by atoms with Crippen molar-refractivity contribution in [3.8, 4) is 0 Å². The Morgan fingerprint density at radius 3 is 2.03 bits per heavy atom. The van der Waals surface area contributed by atoms with Crippen LogP contribution in [0.15, 0.2) is 11.3 Å². The third-order valence-electron chi connectivity index (χ3n) is 5.60. The molecule has 6 nitrogen and oxygen atoms in total. The first-order chi connectivity index (χ1) is 14.1. The number of fused-ring (bicyclic) bond motifs is 1. The van der Waals surface area contributed by atoms with Crippen molar-refractivity contribution >= 4 is 13.8 Å². The zero-order valence-electron chi connectivity index (χ0n) is 18.3. The minimum atomic E-state index is -3.64. The smallest absolute Gasteiger partial charge is 0.461 e.